The van der Waals surface area contributed by atoms with E-state index in [4.69, 9.17) is 5.10 Å². The van der Waals surface area contributed by atoms with E-state index in [1.165, 1.54) is 43.9 Å². The lowest BCUT2D eigenvalue weighted by Crippen LogP contribution is -2.01. The van der Waals surface area contributed by atoms with Crippen LogP contribution in [0.15, 0.2) is 96.9 Å². The van der Waals surface area contributed by atoms with E-state index >= 15 is 0 Å². The standard InChI is InChI=1S/C27H19N3/c1-2-8-17(9-3-1)30-16-24-19-11-5-4-10-18(19)21-14-22-20-12-6-7-13-25(20)28-26(22)15-23(21)27(24)29-30/h1-11,13-16,20,28H,12H2. The number of rotatable bonds is 1. The van der Waals surface area contributed by atoms with Crippen molar-refractivity contribution in [1.29, 1.82) is 0 Å². The van der Waals surface area contributed by atoms with Gasteiger partial charge in [-0.1, -0.05) is 54.6 Å². The first-order valence-corrected chi connectivity index (χ1v) is 10.4. The SMILES string of the molecule is C1=CCC2C(=C1)Nc1cc3c(cc12)c1ccccc1c1cn(-c2ccccc2)nc31. The minimum absolute atomic E-state index is 0.436. The molecule has 30 heavy (non-hydrogen) atoms. The number of allylic oxidation sites excluding steroid dienone is 4. The van der Waals surface area contributed by atoms with E-state index in [0.29, 0.717) is 5.92 Å². The number of hydrogen-bond acceptors (Lipinski definition) is 2. The van der Waals surface area contributed by atoms with Gasteiger partial charge in [-0.05, 0) is 58.5 Å². The summed E-state index contributed by atoms with van der Waals surface area (Å²) in [7, 11) is 0. The fourth-order valence-electron chi connectivity index (χ4n) is 5.08. The number of nitrogens with one attached hydrogen (secondary N) is 1. The Morgan fingerprint density at radius 3 is 2.50 bits per heavy atom. The summed E-state index contributed by atoms with van der Waals surface area (Å²) >= 11 is 0. The molecule has 0 saturated heterocycles. The van der Waals surface area contributed by atoms with E-state index in [-0.39, 0.29) is 0 Å². The molecule has 2 aliphatic rings. The summed E-state index contributed by atoms with van der Waals surface area (Å²) in [5, 5.41) is 14.9. The Morgan fingerprint density at radius 2 is 1.63 bits per heavy atom. The Balaban J connectivity index is 1.59. The molecule has 1 aliphatic heterocycles. The van der Waals surface area contributed by atoms with E-state index in [2.05, 4.69) is 90.4 Å². The predicted molar refractivity (Wildman–Crippen MR) is 124 cm³/mol. The number of benzene rings is 4. The quantitative estimate of drug-likeness (QED) is 0.326. The number of hydrogen-bond donors (Lipinski definition) is 1. The smallest absolute Gasteiger partial charge is 0.101 e. The zero-order valence-electron chi connectivity index (χ0n) is 16.3. The van der Waals surface area contributed by atoms with Crippen LogP contribution in [0.2, 0.25) is 0 Å². The third-order valence-electron chi connectivity index (χ3n) is 6.50. The number of para-hydroxylation sites is 1. The van der Waals surface area contributed by atoms with Crippen molar-refractivity contribution in [3.8, 4) is 5.69 Å². The first-order chi connectivity index (χ1) is 14.9. The Hall–Kier alpha value is -3.85. The van der Waals surface area contributed by atoms with Crippen LogP contribution in [0.3, 0.4) is 0 Å². The fourth-order valence-corrected chi connectivity index (χ4v) is 5.08. The summed E-state index contributed by atoms with van der Waals surface area (Å²) in [5.41, 5.74) is 6.04. The summed E-state index contributed by atoms with van der Waals surface area (Å²) in [4.78, 5) is 0. The average molecular weight is 385 g/mol. The first-order valence-electron chi connectivity index (χ1n) is 10.4. The van der Waals surface area contributed by atoms with E-state index in [0.717, 1.165) is 17.6 Å². The molecule has 3 nitrogen and oxygen atoms in total. The molecule has 1 atom stereocenters. The molecule has 0 bridgehead atoms. The van der Waals surface area contributed by atoms with E-state index in [1.807, 2.05) is 10.7 Å². The van der Waals surface area contributed by atoms with Crippen molar-refractivity contribution in [3.63, 3.8) is 0 Å². The predicted octanol–water partition coefficient (Wildman–Crippen LogP) is 6.68. The molecule has 5 aromatic rings. The second-order valence-corrected chi connectivity index (χ2v) is 8.17. The van der Waals surface area contributed by atoms with Gasteiger partial charge in [0.15, 0.2) is 0 Å². The van der Waals surface area contributed by atoms with E-state index < -0.39 is 0 Å². The molecular formula is C27H19N3. The molecule has 4 aromatic carbocycles. The van der Waals surface area contributed by atoms with Crippen molar-refractivity contribution < 1.29 is 0 Å². The summed E-state index contributed by atoms with van der Waals surface area (Å²) in [6, 6.07) is 23.7. The number of fused-ring (bicyclic) bond motifs is 9. The van der Waals surface area contributed by atoms with Gasteiger partial charge in [0, 0.05) is 34.3 Å². The number of anilines is 1. The molecule has 1 N–H and O–H groups in total. The molecule has 2 heterocycles. The van der Waals surface area contributed by atoms with Crippen molar-refractivity contribution in [3.05, 3.63) is 102 Å². The third-order valence-corrected chi connectivity index (χ3v) is 6.50. The van der Waals surface area contributed by atoms with Crippen LogP contribution in [0.5, 0.6) is 0 Å². The van der Waals surface area contributed by atoms with Crippen molar-refractivity contribution in [2.45, 2.75) is 12.3 Å². The van der Waals surface area contributed by atoms with Gasteiger partial charge >= 0.3 is 0 Å². The van der Waals surface area contributed by atoms with Gasteiger partial charge in [0.2, 0.25) is 0 Å². The largest absolute Gasteiger partial charge is 0.358 e. The molecule has 1 unspecified atom stereocenters. The van der Waals surface area contributed by atoms with Crippen molar-refractivity contribution in [2.24, 2.45) is 0 Å². The topological polar surface area (TPSA) is 29.9 Å². The highest BCUT2D eigenvalue weighted by Crippen LogP contribution is 2.46. The Morgan fingerprint density at radius 1 is 0.833 bits per heavy atom. The molecule has 1 aliphatic carbocycles. The molecule has 0 spiro atoms. The normalized spacial score (nSPS) is 17.2. The van der Waals surface area contributed by atoms with Crippen molar-refractivity contribution >= 4 is 38.1 Å². The maximum Gasteiger partial charge on any atom is 0.101 e. The van der Waals surface area contributed by atoms with Gasteiger partial charge in [-0.15, -0.1) is 0 Å². The van der Waals surface area contributed by atoms with Gasteiger partial charge in [0.05, 0.1) is 5.69 Å². The first kappa shape index (κ1) is 16.0. The number of aromatic nitrogens is 2. The number of nitrogens with zero attached hydrogens (tertiary/aromatic N) is 2. The molecule has 7 rings (SSSR count). The van der Waals surface area contributed by atoms with Crippen LogP contribution in [0.1, 0.15) is 17.9 Å². The lowest BCUT2D eigenvalue weighted by molar-refractivity contribution is 0.837. The Bertz CT molecular complexity index is 1540. The highest BCUT2D eigenvalue weighted by atomic mass is 15.3. The summed E-state index contributed by atoms with van der Waals surface area (Å²) in [5.74, 6) is 0.436. The molecule has 0 fully saturated rings. The average Bonchev–Trinajstić information content (AvgIpc) is 3.41. The Labute approximate surface area is 173 Å². The monoisotopic (exact) mass is 385 g/mol. The lowest BCUT2D eigenvalue weighted by atomic mass is 9.89. The third kappa shape index (κ3) is 2.12. The summed E-state index contributed by atoms with van der Waals surface area (Å²) in [6.45, 7) is 0. The second kappa shape index (κ2) is 5.83. The molecule has 0 amide bonds. The maximum atomic E-state index is 5.04. The zero-order chi connectivity index (χ0) is 19.7. The molecule has 3 heteroatoms. The minimum Gasteiger partial charge on any atom is -0.358 e. The highest BCUT2D eigenvalue weighted by Gasteiger charge is 2.28. The van der Waals surface area contributed by atoms with Gasteiger partial charge in [0.1, 0.15) is 5.52 Å². The fraction of sp³-hybridized carbons (Fsp3) is 0.0741. The Kier molecular flexibility index (Phi) is 3.11. The van der Waals surface area contributed by atoms with Gasteiger partial charge < -0.3 is 5.32 Å². The van der Waals surface area contributed by atoms with E-state index in [1.54, 1.807) is 0 Å². The highest BCUT2D eigenvalue weighted by molar-refractivity contribution is 6.25. The van der Waals surface area contributed by atoms with Crippen LogP contribution >= 0.6 is 0 Å². The van der Waals surface area contributed by atoms with Gasteiger partial charge in [-0.3, -0.25) is 0 Å². The zero-order valence-corrected chi connectivity index (χ0v) is 16.3. The molecule has 0 saturated carbocycles. The molecular weight excluding hydrogens is 366 g/mol. The van der Waals surface area contributed by atoms with Crippen molar-refractivity contribution in [1.82, 2.24) is 9.78 Å². The van der Waals surface area contributed by atoms with Crippen LogP contribution in [0, 0.1) is 0 Å². The molecule has 1 aromatic heterocycles. The second-order valence-electron chi connectivity index (χ2n) is 8.17. The van der Waals surface area contributed by atoms with Crippen LogP contribution in [-0.2, 0) is 0 Å². The molecule has 0 radical (unpaired) electrons. The summed E-state index contributed by atoms with van der Waals surface area (Å²) < 4.78 is 2.00. The maximum absolute atomic E-state index is 5.04. The van der Waals surface area contributed by atoms with Crippen LogP contribution in [0.4, 0.5) is 5.69 Å². The van der Waals surface area contributed by atoms with Gasteiger partial charge in [-0.25, -0.2) is 4.68 Å². The minimum atomic E-state index is 0.436. The van der Waals surface area contributed by atoms with Crippen LogP contribution in [-0.4, -0.2) is 9.78 Å². The van der Waals surface area contributed by atoms with E-state index in [9.17, 15) is 0 Å². The van der Waals surface area contributed by atoms with Crippen LogP contribution in [0.25, 0.3) is 38.1 Å². The molecule has 142 valence electrons. The summed E-state index contributed by atoms with van der Waals surface area (Å²) in [6.07, 6.45) is 9.84. The van der Waals surface area contributed by atoms with Gasteiger partial charge in [0.25, 0.3) is 0 Å². The van der Waals surface area contributed by atoms with Crippen LogP contribution < -0.4 is 5.32 Å². The van der Waals surface area contributed by atoms with Crippen molar-refractivity contribution in [2.75, 3.05) is 5.32 Å². The van der Waals surface area contributed by atoms with Gasteiger partial charge in [-0.2, -0.15) is 5.10 Å². The lowest BCUT2D eigenvalue weighted by Gasteiger charge is -2.13.